The van der Waals surface area contributed by atoms with Crippen LogP contribution in [0.3, 0.4) is 0 Å². The number of aromatic nitrogens is 2. The summed E-state index contributed by atoms with van der Waals surface area (Å²) in [5, 5.41) is 13.0. The molecule has 2 unspecified atom stereocenters. The van der Waals surface area contributed by atoms with E-state index in [0.29, 0.717) is 0 Å². The zero-order valence-corrected chi connectivity index (χ0v) is 21.7. The van der Waals surface area contributed by atoms with Crippen molar-refractivity contribution in [2.24, 2.45) is 5.92 Å². The summed E-state index contributed by atoms with van der Waals surface area (Å²) in [6.07, 6.45) is -5.42. The fraction of sp³-hybridized carbons (Fsp3) is 0.522. The number of halogens is 1. The van der Waals surface area contributed by atoms with Crippen LogP contribution in [0.5, 0.6) is 5.75 Å². The molecule has 0 radical (unpaired) electrons. The first kappa shape index (κ1) is 28.7. The lowest BCUT2D eigenvalue weighted by Crippen LogP contribution is -2.53. The summed E-state index contributed by atoms with van der Waals surface area (Å²) < 4.78 is 51.6. The number of aromatic amines is 1. The van der Waals surface area contributed by atoms with Gasteiger partial charge in [0, 0.05) is 18.2 Å². The Morgan fingerprint density at radius 3 is 2.54 bits per heavy atom. The highest BCUT2D eigenvalue weighted by Crippen LogP contribution is 2.46. The van der Waals surface area contributed by atoms with E-state index in [1.165, 1.54) is 26.0 Å². The van der Waals surface area contributed by atoms with Gasteiger partial charge in [0.25, 0.3) is 5.56 Å². The Morgan fingerprint density at radius 2 is 1.92 bits per heavy atom. The second-order valence-corrected chi connectivity index (χ2v) is 10.6. The Labute approximate surface area is 212 Å². The molecular weight excluding hydrogens is 512 g/mol. The van der Waals surface area contributed by atoms with E-state index in [0.717, 1.165) is 16.8 Å². The van der Waals surface area contributed by atoms with Crippen LogP contribution in [0, 0.1) is 5.92 Å². The van der Waals surface area contributed by atoms with Crippen molar-refractivity contribution in [1.29, 1.82) is 0 Å². The van der Waals surface area contributed by atoms with E-state index in [1.54, 1.807) is 32.0 Å². The molecule has 204 valence electrons. The summed E-state index contributed by atoms with van der Waals surface area (Å²) >= 11 is 0. The number of para-hydroxylation sites is 1. The third-order valence-electron chi connectivity index (χ3n) is 5.53. The van der Waals surface area contributed by atoms with Gasteiger partial charge in [-0.15, -0.1) is 0 Å². The van der Waals surface area contributed by atoms with E-state index in [4.69, 9.17) is 18.5 Å². The van der Waals surface area contributed by atoms with Gasteiger partial charge in [-0.05, 0) is 32.9 Å². The van der Waals surface area contributed by atoms with Crippen LogP contribution in [-0.4, -0.2) is 57.8 Å². The van der Waals surface area contributed by atoms with Crippen LogP contribution in [0.4, 0.5) is 4.39 Å². The van der Waals surface area contributed by atoms with E-state index < -0.39 is 74.2 Å². The number of hydrogen-bond donors (Lipinski definition) is 3. The van der Waals surface area contributed by atoms with Gasteiger partial charge in [-0.1, -0.05) is 25.1 Å². The third kappa shape index (κ3) is 7.36. The summed E-state index contributed by atoms with van der Waals surface area (Å²) in [6.45, 7) is 5.51. The predicted molar refractivity (Wildman–Crippen MR) is 130 cm³/mol. The molecule has 37 heavy (non-hydrogen) atoms. The van der Waals surface area contributed by atoms with Crippen molar-refractivity contribution in [3.8, 4) is 5.75 Å². The lowest BCUT2D eigenvalue weighted by atomic mass is 9.92. The Morgan fingerprint density at radius 1 is 1.24 bits per heavy atom. The molecule has 1 aromatic heterocycles. The number of aliphatic hydroxyl groups excluding tert-OH is 1. The van der Waals surface area contributed by atoms with Crippen molar-refractivity contribution in [3.05, 3.63) is 63.4 Å². The second kappa shape index (κ2) is 12.1. The summed E-state index contributed by atoms with van der Waals surface area (Å²) in [5.41, 5.74) is -1.47. The van der Waals surface area contributed by atoms with Gasteiger partial charge in [-0.25, -0.2) is 13.8 Å². The maximum Gasteiger partial charge on any atom is 0.459 e. The number of aliphatic hydroxyl groups is 1. The van der Waals surface area contributed by atoms with E-state index >= 15 is 4.39 Å². The minimum atomic E-state index is -4.31. The average molecular weight is 543 g/mol. The molecule has 1 fully saturated rings. The first-order valence-corrected chi connectivity index (χ1v) is 13.2. The van der Waals surface area contributed by atoms with E-state index in [1.807, 2.05) is 0 Å². The SMILES string of the molecule is CC(C)OC(=O)[C@H](C)NP(=O)(OC[C@H]1O[C@@H](n2ccc(=O)[nH]c2=O)C(C)[C@@H](F)[C@H]1O)Oc1ccccc1. The number of carbonyl (C=O) groups excluding carboxylic acids is 1. The molecule has 0 spiro atoms. The third-order valence-corrected chi connectivity index (χ3v) is 7.18. The molecule has 14 heteroatoms. The van der Waals surface area contributed by atoms with Gasteiger partial charge in [0.2, 0.25) is 0 Å². The maximum absolute atomic E-state index is 15.0. The quantitative estimate of drug-likeness (QED) is 0.299. The summed E-state index contributed by atoms with van der Waals surface area (Å²) in [4.78, 5) is 38.0. The molecule has 0 amide bonds. The van der Waals surface area contributed by atoms with Gasteiger partial charge in [0.15, 0.2) is 0 Å². The Bertz CT molecular complexity index is 1220. The van der Waals surface area contributed by atoms with Crippen LogP contribution in [0.15, 0.2) is 52.2 Å². The molecule has 3 N–H and O–H groups in total. The molecule has 3 rings (SSSR count). The standard InChI is InChI=1S/C23H31FN3O9P/c1-13(2)34-22(30)15(4)26-37(32,36-16-8-6-5-7-9-16)33-12-17-20(29)19(24)14(3)21(35-17)27-11-10-18(28)25-23(27)31/h5-11,13-15,17,19-21,29H,12H2,1-4H3,(H,26,32)(H,25,28,31)/t14?,15-,17+,19+,20-,21+,37?/m0/s1. The first-order chi connectivity index (χ1) is 17.4. The molecule has 2 heterocycles. The fourth-order valence-corrected chi connectivity index (χ4v) is 5.15. The molecule has 0 aliphatic carbocycles. The number of H-pyrrole nitrogens is 1. The number of nitrogens with zero attached hydrogens (tertiary/aromatic N) is 1. The van der Waals surface area contributed by atoms with Crippen molar-refractivity contribution < 1.29 is 37.4 Å². The zero-order valence-electron chi connectivity index (χ0n) is 20.8. The smallest absolute Gasteiger partial charge is 0.459 e. The van der Waals surface area contributed by atoms with Crippen molar-refractivity contribution in [1.82, 2.24) is 14.6 Å². The highest BCUT2D eigenvalue weighted by molar-refractivity contribution is 7.52. The Balaban J connectivity index is 1.81. The van der Waals surface area contributed by atoms with E-state index in [9.17, 15) is 24.1 Å². The van der Waals surface area contributed by atoms with Gasteiger partial charge in [0.1, 0.15) is 36.4 Å². The normalized spacial score (nSPS) is 26.3. The van der Waals surface area contributed by atoms with Crippen molar-refractivity contribution in [2.45, 2.75) is 64.4 Å². The van der Waals surface area contributed by atoms with Crippen LogP contribution in [0.2, 0.25) is 0 Å². The minimum Gasteiger partial charge on any atom is -0.462 e. The number of rotatable bonds is 10. The maximum atomic E-state index is 15.0. The number of nitrogens with one attached hydrogen (secondary N) is 2. The van der Waals surface area contributed by atoms with Gasteiger partial charge >= 0.3 is 19.4 Å². The largest absolute Gasteiger partial charge is 0.462 e. The van der Waals surface area contributed by atoms with Crippen molar-refractivity contribution in [2.75, 3.05) is 6.61 Å². The van der Waals surface area contributed by atoms with Crippen molar-refractivity contribution in [3.63, 3.8) is 0 Å². The fourth-order valence-electron chi connectivity index (χ4n) is 3.65. The highest BCUT2D eigenvalue weighted by atomic mass is 31.2. The topological polar surface area (TPSA) is 158 Å². The first-order valence-electron chi connectivity index (χ1n) is 11.7. The molecule has 7 atom stereocenters. The number of alkyl halides is 1. The van der Waals surface area contributed by atoms with Crippen LogP contribution >= 0.6 is 7.75 Å². The van der Waals surface area contributed by atoms with Crippen LogP contribution in [0.25, 0.3) is 0 Å². The molecular formula is C23H31FN3O9P. The van der Waals surface area contributed by atoms with E-state index in [2.05, 4.69) is 10.1 Å². The van der Waals surface area contributed by atoms with Gasteiger partial charge in [-0.2, -0.15) is 5.09 Å². The van der Waals surface area contributed by atoms with Gasteiger partial charge in [0.05, 0.1) is 12.7 Å². The van der Waals surface area contributed by atoms with Gasteiger partial charge in [-0.3, -0.25) is 23.7 Å². The number of hydrogen-bond acceptors (Lipinski definition) is 9. The number of carbonyl (C=O) groups is 1. The summed E-state index contributed by atoms with van der Waals surface area (Å²) in [7, 11) is -4.31. The Hall–Kier alpha value is -2.83. The minimum absolute atomic E-state index is 0.155. The molecule has 1 aliphatic heterocycles. The molecule has 1 aliphatic rings. The van der Waals surface area contributed by atoms with Gasteiger partial charge < -0.3 is 19.1 Å². The number of ether oxygens (including phenoxy) is 2. The molecule has 1 aromatic carbocycles. The summed E-state index contributed by atoms with van der Waals surface area (Å²) in [5.74, 6) is -1.53. The predicted octanol–water partition coefficient (Wildman–Crippen LogP) is 1.90. The van der Waals surface area contributed by atoms with Crippen LogP contribution < -0.4 is 20.9 Å². The molecule has 2 aromatic rings. The highest BCUT2D eigenvalue weighted by Gasteiger charge is 2.46. The Kier molecular flexibility index (Phi) is 9.43. The molecule has 12 nitrogen and oxygen atoms in total. The summed E-state index contributed by atoms with van der Waals surface area (Å²) in [6, 6.07) is 7.96. The monoisotopic (exact) mass is 543 g/mol. The zero-order chi connectivity index (χ0) is 27.3. The van der Waals surface area contributed by atoms with Crippen LogP contribution in [-0.2, 0) is 23.4 Å². The van der Waals surface area contributed by atoms with Crippen LogP contribution in [0.1, 0.15) is 33.9 Å². The average Bonchev–Trinajstić information content (AvgIpc) is 2.83. The lowest BCUT2D eigenvalue weighted by Gasteiger charge is -2.41. The molecule has 0 saturated carbocycles. The molecule has 0 bridgehead atoms. The molecule has 1 saturated heterocycles. The van der Waals surface area contributed by atoms with Crippen molar-refractivity contribution >= 4 is 13.7 Å². The number of esters is 1. The number of benzene rings is 1. The second-order valence-electron chi connectivity index (χ2n) is 8.91. The lowest BCUT2D eigenvalue weighted by molar-refractivity contribution is -0.211. The van der Waals surface area contributed by atoms with E-state index in [-0.39, 0.29) is 5.75 Å².